The fourth-order valence-electron chi connectivity index (χ4n) is 0.863. The molecule has 0 unspecified atom stereocenters. The van der Waals surface area contributed by atoms with E-state index >= 15 is 0 Å². The first-order chi connectivity index (χ1) is 5.74. The summed E-state index contributed by atoms with van der Waals surface area (Å²) in [5.41, 5.74) is 1.31. The number of carbonyl (C=O) groups is 1. The lowest BCUT2D eigenvalue weighted by molar-refractivity contribution is -0.104. The van der Waals surface area contributed by atoms with Crippen molar-refractivity contribution in [2.45, 2.75) is 0 Å². The standard InChI is InChI=1S/C9H8BFO/c10-8-4-3-7(2-1-5-12)6-9(8)11/h1-6H,10H2/b2-1+. The van der Waals surface area contributed by atoms with Crippen molar-refractivity contribution in [1.29, 1.82) is 0 Å². The minimum atomic E-state index is -0.247. The number of hydrogen-bond acceptors (Lipinski definition) is 1. The van der Waals surface area contributed by atoms with Crippen LogP contribution in [0.2, 0.25) is 0 Å². The monoisotopic (exact) mass is 162 g/mol. The van der Waals surface area contributed by atoms with Crippen molar-refractivity contribution in [2.24, 2.45) is 0 Å². The van der Waals surface area contributed by atoms with Gasteiger partial charge in [0, 0.05) is 0 Å². The molecule has 0 amide bonds. The van der Waals surface area contributed by atoms with E-state index in [9.17, 15) is 9.18 Å². The van der Waals surface area contributed by atoms with Gasteiger partial charge in [0.05, 0.1) is 0 Å². The Morgan fingerprint density at radius 2 is 2.17 bits per heavy atom. The zero-order chi connectivity index (χ0) is 8.97. The van der Waals surface area contributed by atoms with Crippen LogP contribution < -0.4 is 5.46 Å². The molecular formula is C9H8BFO. The van der Waals surface area contributed by atoms with Crippen LogP contribution in [0, 0.1) is 5.82 Å². The van der Waals surface area contributed by atoms with Gasteiger partial charge in [0.2, 0.25) is 0 Å². The molecule has 0 bridgehead atoms. The third kappa shape index (κ3) is 2.05. The van der Waals surface area contributed by atoms with Crippen LogP contribution in [0.5, 0.6) is 0 Å². The Labute approximate surface area is 71.3 Å². The van der Waals surface area contributed by atoms with Gasteiger partial charge in [-0.1, -0.05) is 23.7 Å². The minimum Gasteiger partial charge on any atom is -0.299 e. The molecule has 3 heteroatoms. The summed E-state index contributed by atoms with van der Waals surface area (Å²) in [5, 5.41) is 0. The average Bonchev–Trinajstić information content (AvgIpc) is 2.07. The first-order valence-electron chi connectivity index (χ1n) is 3.62. The fraction of sp³-hybridized carbons (Fsp3) is 0. The van der Waals surface area contributed by atoms with Gasteiger partial charge in [-0.25, -0.2) is 4.39 Å². The number of carbonyl (C=O) groups excluding carboxylic acids is 1. The van der Waals surface area contributed by atoms with Crippen LogP contribution in [-0.2, 0) is 4.79 Å². The summed E-state index contributed by atoms with van der Waals surface area (Å²) in [6.07, 6.45) is 3.57. The van der Waals surface area contributed by atoms with E-state index in [-0.39, 0.29) is 5.82 Å². The van der Waals surface area contributed by atoms with Gasteiger partial charge in [0.1, 0.15) is 19.9 Å². The maximum Gasteiger partial charge on any atom is 0.143 e. The van der Waals surface area contributed by atoms with E-state index < -0.39 is 0 Å². The second-order valence-electron chi connectivity index (χ2n) is 2.50. The molecule has 1 aromatic carbocycles. The lowest BCUT2D eigenvalue weighted by Gasteiger charge is -1.96. The number of allylic oxidation sites excluding steroid dienone is 1. The molecule has 60 valence electrons. The van der Waals surface area contributed by atoms with E-state index in [0.29, 0.717) is 17.3 Å². The van der Waals surface area contributed by atoms with Crippen molar-refractivity contribution < 1.29 is 9.18 Å². The summed E-state index contributed by atoms with van der Waals surface area (Å²) in [5.74, 6) is -0.247. The number of rotatable bonds is 2. The van der Waals surface area contributed by atoms with Crippen LogP contribution in [0.15, 0.2) is 24.3 Å². The molecule has 0 spiro atoms. The molecule has 0 aromatic heterocycles. The predicted molar refractivity (Wildman–Crippen MR) is 49.7 cm³/mol. The first kappa shape index (κ1) is 8.72. The molecule has 0 aliphatic carbocycles. The molecule has 0 saturated heterocycles. The van der Waals surface area contributed by atoms with Gasteiger partial charge >= 0.3 is 0 Å². The maximum atomic E-state index is 12.9. The Bertz CT molecular complexity index is 320. The summed E-state index contributed by atoms with van der Waals surface area (Å²) in [4.78, 5) is 9.95. The third-order valence-electron chi connectivity index (χ3n) is 1.56. The number of halogens is 1. The van der Waals surface area contributed by atoms with Gasteiger partial charge in [-0.2, -0.15) is 0 Å². The third-order valence-corrected chi connectivity index (χ3v) is 1.56. The van der Waals surface area contributed by atoms with Gasteiger partial charge in [-0.05, 0) is 17.7 Å². The summed E-state index contributed by atoms with van der Waals surface area (Å²) >= 11 is 0. The Kier molecular flexibility index (Phi) is 2.80. The first-order valence-corrected chi connectivity index (χ1v) is 3.62. The highest BCUT2D eigenvalue weighted by molar-refractivity contribution is 6.32. The van der Waals surface area contributed by atoms with Crippen LogP contribution in [-0.4, -0.2) is 14.1 Å². The molecule has 1 aromatic rings. The van der Waals surface area contributed by atoms with Crippen LogP contribution in [0.4, 0.5) is 4.39 Å². The second kappa shape index (κ2) is 3.86. The van der Waals surface area contributed by atoms with Gasteiger partial charge in [-0.15, -0.1) is 0 Å². The summed E-state index contributed by atoms with van der Waals surface area (Å²) < 4.78 is 12.9. The van der Waals surface area contributed by atoms with Crippen LogP contribution in [0.25, 0.3) is 6.08 Å². The van der Waals surface area contributed by atoms with Gasteiger partial charge in [0.25, 0.3) is 0 Å². The fourth-order valence-corrected chi connectivity index (χ4v) is 0.863. The highest BCUT2D eigenvalue weighted by atomic mass is 19.1. The minimum absolute atomic E-state index is 0.247. The SMILES string of the molecule is Bc1ccc(/C=C/C=O)cc1F. The van der Waals surface area contributed by atoms with Crippen molar-refractivity contribution in [2.75, 3.05) is 0 Å². The largest absolute Gasteiger partial charge is 0.299 e. The molecule has 0 aliphatic rings. The molecule has 1 nitrogen and oxygen atoms in total. The van der Waals surface area contributed by atoms with E-state index in [1.54, 1.807) is 26.1 Å². The van der Waals surface area contributed by atoms with E-state index in [1.807, 2.05) is 0 Å². The lowest BCUT2D eigenvalue weighted by Crippen LogP contribution is -2.07. The normalized spacial score (nSPS) is 10.4. The van der Waals surface area contributed by atoms with Crippen molar-refractivity contribution in [3.63, 3.8) is 0 Å². The van der Waals surface area contributed by atoms with Crippen LogP contribution in [0.1, 0.15) is 5.56 Å². The van der Waals surface area contributed by atoms with Crippen LogP contribution >= 0.6 is 0 Å². The van der Waals surface area contributed by atoms with E-state index in [4.69, 9.17) is 0 Å². The van der Waals surface area contributed by atoms with Crippen molar-refractivity contribution in [3.05, 3.63) is 35.7 Å². The molecule has 0 heterocycles. The van der Waals surface area contributed by atoms with Crippen molar-refractivity contribution in [3.8, 4) is 0 Å². The van der Waals surface area contributed by atoms with Gasteiger partial charge in [-0.3, -0.25) is 4.79 Å². The summed E-state index contributed by atoms with van der Waals surface area (Å²) in [6.45, 7) is 0. The van der Waals surface area contributed by atoms with Gasteiger partial charge in [0.15, 0.2) is 0 Å². The Balaban J connectivity index is 2.96. The van der Waals surface area contributed by atoms with E-state index in [0.717, 1.165) is 0 Å². The highest BCUT2D eigenvalue weighted by Gasteiger charge is 1.95. The highest BCUT2D eigenvalue weighted by Crippen LogP contribution is 2.02. The lowest BCUT2D eigenvalue weighted by atomic mass is 9.94. The maximum absolute atomic E-state index is 12.9. The molecule has 0 saturated carbocycles. The molecule has 1 rings (SSSR count). The molecule has 0 atom stereocenters. The molecular weight excluding hydrogens is 154 g/mol. The average molecular weight is 162 g/mol. The summed E-state index contributed by atoms with van der Waals surface area (Å²) in [6, 6.07) is 4.84. The number of benzene rings is 1. The number of hydrogen-bond donors (Lipinski definition) is 0. The Morgan fingerprint density at radius 1 is 1.42 bits per heavy atom. The molecule has 0 N–H and O–H groups in total. The molecule has 0 fully saturated rings. The van der Waals surface area contributed by atoms with Crippen molar-refractivity contribution in [1.82, 2.24) is 0 Å². The smallest absolute Gasteiger partial charge is 0.143 e. The van der Waals surface area contributed by atoms with Crippen LogP contribution in [0.3, 0.4) is 0 Å². The summed E-state index contributed by atoms with van der Waals surface area (Å²) in [7, 11) is 1.70. The predicted octanol–water partition coefficient (Wildman–Crippen LogP) is 0.296. The quantitative estimate of drug-likeness (QED) is 0.347. The molecule has 0 radical (unpaired) electrons. The van der Waals surface area contributed by atoms with E-state index in [2.05, 4.69) is 0 Å². The molecule has 0 aliphatic heterocycles. The topological polar surface area (TPSA) is 17.1 Å². The second-order valence-corrected chi connectivity index (χ2v) is 2.50. The van der Waals surface area contributed by atoms with E-state index in [1.165, 1.54) is 12.1 Å². The number of aldehydes is 1. The Morgan fingerprint density at radius 3 is 2.75 bits per heavy atom. The van der Waals surface area contributed by atoms with Crippen molar-refractivity contribution >= 4 is 25.7 Å². The Hall–Kier alpha value is -1.38. The molecule has 12 heavy (non-hydrogen) atoms. The zero-order valence-corrected chi connectivity index (χ0v) is 6.75. The zero-order valence-electron chi connectivity index (χ0n) is 6.75. The van der Waals surface area contributed by atoms with Gasteiger partial charge < -0.3 is 0 Å².